The summed E-state index contributed by atoms with van der Waals surface area (Å²) in [7, 11) is 0. The van der Waals surface area contributed by atoms with Crippen molar-refractivity contribution in [3.8, 4) is 0 Å². The van der Waals surface area contributed by atoms with E-state index in [4.69, 9.17) is 4.74 Å². The second kappa shape index (κ2) is 10.3. The van der Waals surface area contributed by atoms with Gasteiger partial charge in [0.1, 0.15) is 17.0 Å². The van der Waals surface area contributed by atoms with Gasteiger partial charge in [0.25, 0.3) is 5.91 Å². The van der Waals surface area contributed by atoms with Gasteiger partial charge in [-0.05, 0) is 118 Å². The smallest absolute Gasteiger partial charge is 0.384 e. The van der Waals surface area contributed by atoms with Crippen LogP contribution in [0.25, 0.3) is 0 Å². The maximum Gasteiger partial charge on any atom is 0.416 e. The molecule has 0 radical (unpaired) electrons. The van der Waals surface area contributed by atoms with Gasteiger partial charge in [0.05, 0.1) is 18.7 Å². The molecule has 2 saturated heterocycles. The molecule has 3 aliphatic heterocycles. The molecular weight excluding hydrogens is 536 g/mol. The predicted octanol–water partition coefficient (Wildman–Crippen LogP) is 5.91. The van der Waals surface area contributed by atoms with Crippen LogP contribution in [0, 0.1) is 18.7 Å². The van der Waals surface area contributed by atoms with E-state index in [1.54, 1.807) is 19.9 Å². The number of likely N-dealkylation sites (tertiary alicyclic amines) is 1. The topological polar surface area (TPSA) is 53.0 Å². The Kier molecular flexibility index (Phi) is 7.22. The molecule has 9 heteroatoms. The molecule has 5 nitrogen and oxygen atoms in total. The molecular formula is C32H38F4N2O3. The summed E-state index contributed by atoms with van der Waals surface area (Å²) in [6, 6.07) is 8.98. The third-order valence-electron chi connectivity index (χ3n) is 9.84. The maximum atomic E-state index is 14.1. The SMILES string of the molecule is Cc1cc(C2CCN([C@@H]3CC[C@@](C(=O)N4Cc5cc(C(F)(F)F)ccc5[C@](C)(O)C4)(C4CC4)OC3)CC2)ccc1F. The first-order valence-electron chi connectivity index (χ1n) is 14.7. The number of hydrogen-bond acceptors (Lipinski definition) is 4. The fraction of sp³-hybridized carbons (Fsp3) is 0.594. The van der Waals surface area contributed by atoms with Crippen LogP contribution < -0.4 is 0 Å². The first-order chi connectivity index (χ1) is 19.4. The number of alkyl halides is 3. The number of carbonyl (C=O) groups excluding carboxylic acids is 1. The van der Waals surface area contributed by atoms with E-state index in [-0.39, 0.29) is 36.8 Å². The Morgan fingerprint density at radius 1 is 1.05 bits per heavy atom. The lowest BCUT2D eigenvalue weighted by Gasteiger charge is -2.48. The molecule has 0 spiro atoms. The monoisotopic (exact) mass is 574 g/mol. The van der Waals surface area contributed by atoms with Gasteiger partial charge < -0.3 is 14.7 Å². The Labute approximate surface area is 238 Å². The number of benzene rings is 2. The van der Waals surface area contributed by atoms with Gasteiger partial charge in [0.2, 0.25) is 0 Å². The summed E-state index contributed by atoms with van der Waals surface area (Å²) in [4.78, 5) is 18.0. The molecule has 1 amide bonds. The van der Waals surface area contributed by atoms with Crippen LogP contribution in [-0.4, -0.2) is 58.7 Å². The van der Waals surface area contributed by atoms with E-state index >= 15 is 0 Å². The van der Waals surface area contributed by atoms with Crippen LogP contribution in [0.4, 0.5) is 17.6 Å². The van der Waals surface area contributed by atoms with E-state index < -0.39 is 22.9 Å². The number of rotatable bonds is 4. The fourth-order valence-corrected chi connectivity index (χ4v) is 7.36. The number of piperidine rings is 1. The summed E-state index contributed by atoms with van der Waals surface area (Å²) < 4.78 is 60.5. The molecule has 0 bridgehead atoms. The molecule has 0 aromatic heterocycles. The van der Waals surface area contributed by atoms with E-state index in [2.05, 4.69) is 4.90 Å². The molecule has 1 aliphatic carbocycles. The molecule has 3 fully saturated rings. The number of ether oxygens (including phenoxy) is 1. The Morgan fingerprint density at radius 2 is 1.78 bits per heavy atom. The molecule has 4 aliphatic rings. The van der Waals surface area contributed by atoms with Crippen molar-refractivity contribution >= 4 is 5.91 Å². The lowest BCUT2D eigenvalue weighted by Crippen LogP contribution is -2.60. The predicted molar refractivity (Wildman–Crippen MR) is 146 cm³/mol. The molecule has 3 atom stereocenters. The normalized spacial score (nSPS) is 29.8. The number of amides is 1. The zero-order valence-electron chi connectivity index (χ0n) is 23.6. The summed E-state index contributed by atoms with van der Waals surface area (Å²) in [6.07, 6.45) is 0.604. The molecule has 1 saturated carbocycles. The van der Waals surface area contributed by atoms with Crippen LogP contribution in [0.2, 0.25) is 0 Å². The van der Waals surface area contributed by atoms with Crippen molar-refractivity contribution < 1.29 is 32.2 Å². The average molecular weight is 575 g/mol. The highest BCUT2D eigenvalue weighted by atomic mass is 19.4. The standard InChI is InChI=1S/C32H38F4N2O3/c1-20-15-22(3-8-28(20)33)21-10-13-37(14-11-21)26-9-12-31(41-18-26,24-4-5-24)29(39)38-17-23-16-25(32(34,35)36)6-7-27(23)30(2,40)19-38/h3,6-8,15-16,21,24,26,40H,4-5,9-14,17-19H2,1-2H3/t26-,30-,31+/m1/s1. The second-order valence-electron chi connectivity index (χ2n) is 12.8. The van der Waals surface area contributed by atoms with Crippen LogP contribution in [0.3, 0.4) is 0 Å². The second-order valence-corrected chi connectivity index (χ2v) is 12.8. The number of aliphatic hydroxyl groups is 1. The maximum absolute atomic E-state index is 14.1. The quantitative estimate of drug-likeness (QED) is 0.462. The minimum Gasteiger partial charge on any atom is -0.384 e. The number of halogens is 4. The van der Waals surface area contributed by atoms with Crippen molar-refractivity contribution in [2.75, 3.05) is 26.2 Å². The number of aryl methyl sites for hydroxylation is 1. The van der Waals surface area contributed by atoms with Gasteiger partial charge in [-0.25, -0.2) is 4.39 Å². The van der Waals surface area contributed by atoms with Gasteiger partial charge >= 0.3 is 6.18 Å². The van der Waals surface area contributed by atoms with Crippen molar-refractivity contribution in [2.24, 2.45) is 5.92 Å². The highest BCUT2D eigenvalue weighted by Crippen LogP contribution is 2.49. The van der Waals surface area contributed by atoms with Gasteiger partial charge in [0, 0.05) is 12.6 Å². The summed E-state index contributed by atoms with van der Waals surface area (Å²) in [5, 5.41) is 11.2. The van der Waals surface area contributed by atoms with Crippen molar-refractivity contribution in [2.45, 2.75) is 88.3 Å². The zero-order chi connectivity index (χ0) is 29.2. The van der Waals surface area contributed by atoms with Crippen LogP contribution in [0.1, 0.15) is 79.2 Å². The van der Waals surface area contributed by atoms with Crippen LogP contribution in [0.15, 0.2) is 36.4 Å². The van der Waals surface area contributed by atoms with Crippen LogP contribution >= 0.6 is 0 Å². The van der Waals surface area contributed by atoms with E-state index in [0.29, 0.717) is 35.6 Å². The lowest BCUT2D eigenvalue weighted by molar-refractivity contribution is -0.180. The van der Waals surface area contributed by atoms with E-state index in [0.717, 1.165) is 57.3 Å². The van der Waals surface area contributed by atoms with Gasteiger partial charge in [-0.3, -0.25) is 9.69 Å². The van der Waals surface area contributed by atoms with Crippen molar-refractivity contribution in [1.82, 2.24) is 9.80 Å². The van der Waals surface area contributed by atoms with E-state index in [9.17, 15) is 27.5 Å². The van der Waals surface area contributed by atoms with E-state index in [1.165, 1.54) is 16.5 Å². The number of hydrogen-bond donors (Lipinski definition) is 1. The molecule has 3 heterocycles. The summed E-state index contributed by atoms with van der Waals surface area (Å²) in [6.45, 7) is 5.64. The lowest BCUT2D eigenvalue weighted by atomic mass is 9.81. The van der Waals surface area contributed by atoms with Gasteiger partial charge in [-0.1, -0.05) is 18.2 Å². The van der Waals surface area contributed by atoms with Crippen LogP contribution in [0.5, 0.6) is 0 Å². The van der Waals surface area contributed by atoms with Crippen molar-refractivity contribution in [3.05, 3.63) is 70.0 Å². The van der Waals surface area contributed by atoms with Gasteiger partial charge in [-0.2, -0.15) is 13.2 Å². The summed E-state index contributed by atoms with van der Waals surface area (Å²) >= 11 is 0. The molecule has 2 aromatic rings. The zero-order valence-corrected chi connectivity index (χ0v) is 23.6. The Bertz CT molecular complexity index is 1310. The molecule has 0 unspecified atom stereocenters. The van der Waals surface area contributed by atoms with Crippen molar-refractivity contribution in [1.29, 1.82) is 0 Å². The largest absolute Gasteiger partial charge is 0.416 e. The first-order valence-corrected chi connectivity index (χ1v) is 14.7. The van der Waals surface area contributed by atoms with E-state index in [1.807, 2.05) is 12.1 Å². The third-order valence-corrected chi connectivity index (χ3v) is 9.84. The fourth-order valence-electron chi connectivity index (χ4n) is 7.36. The minimum absolute atomic E-state index is 0.0157. The summed E-state index contributed by atoms with van der Waals surface area (Å²) in [5.74, 6) is 0.0981. The molecule has 222 valence electrons. The molecule has 2 aromatic carbocycles. The van der Waals surface area contributed by atoms with Crippen LogP contribution in [-0.2, 0) is 27.9 Å². The average Bonchev–Trinajstić information content (AvgIpc) is 3.79. The van der Waals surface area contributed by atoms with Gasteiger partial charge in [0.15, 0.2) is 0 Å². The number of nitrogens with zero attached hydrogens (tertiary/aromatic N) is 2. The Hall–Kier alpha value is -2.49. The molecule has 1 N–H and O–H groups in total. The number of carbonyl (C=O) groups is 1. The first kappa shape index (κ1) is 28.6. The highest BCUT2D eigenvalue weighted by molar-refractivity contribution is 5.86. The number of fused-ring (bicyclic) bond motifs is 1. The molecule has 6 rings (SSSR count). The van der Waals surface area contributed by atoms with Gasteiger partial charge in [-0.15, -0.1) is 0 Å². The Morgan fingerprint density at radius 3 is 2.39 bits per heavy atom. The Balaban J connectivity index is 1.13. The minimum atomic E-state index is -4.50. The highest BCUT2D eigenvalue weighted by Gasteiger charge is 2.56. The number of β-amino-alcohol motifs (C(OH)–C–C–N with tert-alkyl or cyclic N) is 1. The summed E-state index contributed by atoms with van der Waals surface area (Å²) in [5.41, 5.74) is -0.622. The molecule has 41 heavy (non-hydrogen) atoms. The van der Waals surface area contributed by atoms with Crippen molar-refractivity contribution in [3.63, 3.8) is 0 Å². The third kappa shape index (κ3) is 5.41.